The minimum Gasteiger partial charge on any atom is -0.309 e. The van der Waals surface area contributed by atoms with E-state index in [-0.39, 0.29) is 10.8 Å². The molecule has 0 bridgehead atoms. The van der Waals surface area contributed by atoms with E-state index in [1.54, 1.807) is 0 Å². The molecule has 0 saturated heterocycles. The van der Waals surface area contributed by atoms with Gasteiger partial charge in [-0.1, -0.05) is 157 Å². The van der Waals surface area contributed by atoms with Crippen molar-refractivity contribution in [1.29, 1.82) is 5.26 Å². The van der Waals surface area contributed by atoms with Gasteiger partial charge in [0.25, 0.3) is 0 Å². The fraction of sp³-hybridized carbons (Fsp3) is 0.133. The highest BCUT2D eigenvalue weighted by atomic mass is 15.0. The van der Waals surface area contributed by atoms with Crippen molar-refractivity contribution in [2.24, 2.45) is 0 Å². The minimum absolute atomic E-state index is 0.0373. The third kappa shape index (κ3) is 6.83. The van der Waals surface area contributed by atoms with Gasteiger partial charge in [-0.15, -0.1) is 0 Å². The number of aromatic nitrogens is 5. The molecule has 0 fully saturated rings. The van der Waals surface area contributed by atoms with Crippen molar-refractivity contribution in [3.05, 3.63) is 199 Å². The van der Waals surface area contributed by atoms with Gasteiger partial charge in [0.1, 0.15) is 0 Å². The summed E-state index contributed by atoms with van der Waals surface area (Å²) in [6.07, 6.45) is 0. The summed E-state index contributed by atoms with van der Waals surface area (Å²) >= 11 is 0. The van der Waals surface area contributed by atoms with Crippen molar-refractivity contribution in [2.75, 3.05) is 0 Å². The third-order valence-electron chi connectivity index (χ3n) is 12.9. The Morgan fingerprint density at radius 1 is 0.394 bits per heavy atom. The molecule has 0 aliphatic heterocycles. The van der Waals surface area contributed by atoms with Crippen LogP contribution >= 0.6 is 0 Å². The molecule has 0 spiro atoms. The Kier molecular flexibility index (Phi) is 9.56. The van der Waals surface area contributed by atoms with Crippen molar-refractivity contribution in [3.63, 3.8) is 0 Å². The Balaban J connectivity index is 1.25. The van der Waals surface area contributed by atoms with E-state index >= 15 is 0 Å². The maximum absolute atomic E-state index is 11.2. The second-order valence-corrected chi connectivity index (χ2v) is 19.3. The van der Waals surface area contributed by atoms with Crippen molar-refractivity contribution < 1.29 is 0 Å². The summed E-state index contributed by atoms with van der Waals surface area (Å²) in [6, 6.07) is 66.3. The van der Waals surface area contributed by atoms with Gasteiger partial charge in [0, 0.05) is 49.4 Å². The number of hydrogen-bond donors (Lipinski definition) is 0. The van der Waals surface area contributed by atoms with E-state index in [2.05, 4.69) is 166 Å². The number of nitrogens with zero attached hydrogens (tertiary/aromatic N) is 6. The van der Waals surface area contributed by atoms with Gasteiger partial charge in [0.2, 0.25) is 0 Å². The predicted octanol–water partition coefficient (Wildman–Crippen LogP) is 15.2. The Morgan fingerprint density at radius 2 is 0.848 bits per heavy atom. The van der Waals surface area contributed by atoms with Crippen molar-refractivity contribution >= 4 is 43.6 Å². The van der Waals surface area contributed by atoms with Gasteiger partial charge in [-0.2, -0.15) is 5.26 Å². The molecule has 0 amide bonds. The van der Waals surface area contributed by atoms with Crippen LogP contribution in [0, 0.1) is 11.3 Å². The standard InChI is InChI=1S/C60H48N6/c1-59(2,3)42-29-32-51-46(35-42)44-23-13-15-25-49(44)65(51)53-31-28-40(58-63-56(38-18-9-7-10-19-38)62-57(64-58)39-20-11-8-12-21-39)34-48(53)55-41(37-61)22-17-27-54(55)66-50-26-16-14-24-45(50)47-36-43(60(4,5)6)30-33-52(47)66/h7-36H,1-6H3. The van der Waals surface area contributed by atoms with Crippen LogP contribution in [0.3, 0.4) is 0 Å². The molecule has 11 rings (SSSR count). The van der Waals surface area contributed by atoms with Crippen molar-refractivity contribution in [1.82, 2.24) is 24.1 Å². The maximum Gasteiger partial charge on any atom is 0.164 e. The highest BCUT2D eigenvalue weighted by molar-refractivity contribution is 6.12. The average molecular weight is 853 g/mol. The number of benzene rings is 8. The first-order chi connectivity index (χ1) is 32.0. The third-order valence-corrected chi connectivity index (χ3v) is 12.9. The summed E-state index contributed by atoms with van der Waals surface area (Å²) < 4.78 is 4.71. The Hall–Kier alpha value is -8.14. The van der Waals surface area contributed by atoms with Crippen LogP contribution in [0.15, 0.2) is 182 Å². The highest BCUT2D eigenvalue weighted by Crippen LogP contribution is 2.44. The van der Waals surface area contributed by atoms with Crippen LogP contribution in [0.1, 0.15) is 58.2 Å². The molecule has 11 aromatic rings. The summed E-state index contributed by atoms with van der Waals surface area (Å²) in [7, 11) is 0. The normalized spacial score (nSPS) is 12.1. The van der Waals surface area contributed by atoms with Crippen LogP contribution in [-0.4, -0.2) is 24.1 Å². The van der Waals surface area contributed by atoms with Crippen LogP contribution < -0.4 is 0 Å². The summed E-state index contributed by atoms with van der Waals surface area (Å²) in [4.78, 5) is 15.4. The molecule has 66 heavy (non-hydrogen) atoms. The molecule has 6 nitrogen and oxygen atoms in total. The molecule has 0 unspecified atom stereocenters. The van der Waals surface area contributed by atoms with Gasteiger partial charge in [0.05, 0.1) is 45.1 Å². The summed E-state index contributed by atoms with van der Waals surface area (Å²) in [6.45, 7) is 13.6. The molecule has 318 valence electrons. The average Bonchev–Trinajstić information content (AvgIpc) is 3.85. The Morgan fingerprint density at radius 3 is 1.35 bits per heavy atom. The lowest BCUT2D eigenvalue weighted by atomic mass is 9.86. The van der Waals surface area contributed by atoms with Crippen molar-refractivity contribution in [2.45, 2.75) is 52.4 Å². The molecule has 8 aromatic carbocycles. The van der Waals surface area contributed by atoms with Gasteiger partial charge < -0.3 is 9.13 Å². The van der Waals surface area contributed by atoms with E-state index in [1.165, 1.54) is 21.9 Å². The number of rotatable bonds is 6. The second kappa shape index (κ2) is 15.5. The topological polar surface area (TPSA) is 72.3 Å². The smallest absolute Gasteiger partial charge is 0.164 e. The number of hydrogen-bond acceptors (Lipinski definition) is 4. The molecule has 0 aliphatic carbocycles. The van der Waals surface area contributed by atoms with Crippen molar-refractivity contribution in [3.8, 4) is 62.7 Å². The number of para-hydroxylation sites is 2. The van der Waals surface area contributed by atoms with E-state index in [0.717, 1.165) is 72.0 Å². The Bertz CT molecular complexity index is 3670. The zero-order chi connectivity index (χ0) is 45.3. The molecule has 0 saturated carbocycles. The molecule has 0 radical (unpaired) electrons. The maximum atomic E-state index is 11.2. The molecule has 3 heterocycles. The molecule has 0 N–H and O–H groups in total. The largest absolute Gasteiger partial charge is 0.309 e. The first kappa shape index (κ1) is 40.6. The molecule has 3 aromatic heterocycles. The van der Waals surface area contributed by atoms with E-state index in [9.17, 15) is 5.26 Å². The first-order valence-electron chi connectivity index (χ1n) is 22.6. The highest BCUT2D eigenvalue weighted by Gasteiger charge is 2.26. The van der Waals surface area contributed by atoms with Gasteiger partial charge >= 0.3 is 0 Å². The van der Waals surface area contributed by atoms with Crippen LogP contribution in [-0.2, 0) is 10.8 Å². The monoisotopic (exact) mass is 852 g/mol. The summed E-state index contributed by atoms with van der Waals surface area (Å²) in [5, 5.41) is 15.9. The van der Waals surface area contributed by atoms with Gasteiger partial charge in [-0.25, -0.2) is 15.0 Å². The van der Waals surface area contributed by atoms with Crippen LogP contribution in [0.2, 0.25) is 0 Å². The molecule has 6 heteroatoms. The quantitative estimate of drug-likeness (QED) is 0.167. The summed E-state index contributed by atoms with van der Waals surface area (Å²) in [5.74, 6) is 1.70. The molecule has 0 atom stereocenters. The lowest BCUT2D eigenvalue weighted by Gasteiger charge is -2.22. The van der Waals surface area contributed by atoms with Crippen LogP contribution in [0.4, 0.5) is 0 Å². The van der Waals surface area contributed by atoms with E-state index in [0.29, 0.717) is 23.0 Å². The van der Waals surface area contributed by atoms with Crippen LogP contribution in [0.5, 0.6) is 0 Å². The zero-order valence-corrected chi connectivity index (χ0v) is 38.0. The fourth-order valence-corrected chi connectivity index (χ4v) is 9.51. The number of nitriles is 1. The SMILES string of the molecule is CC(C)(C)c1ccc2c(c1)c1ccccc1n2-c1ccc(-c2nc(-c3ccccc3)nc(-c3ccccc3)n2)cc1-c1c(C#N)cccc1-n1c2ccccc2c2cc(C(C)(C)C)ccc21. The lowest BCUT2D eigenvalue weighted by molar-refractivity contribution is 0.591. The molecule has 0 aliphatic rings. The van der Waals surface area contributed by atoms with E-state index < -0.39 is 0 Å². The number of fused-ring (bicyclic) bond motifs is 6. The van der Waals surface area contributed by atoms with E-state index in [1.807, 2.05) is 72.8 Å². The first-order valence-corrected chi connectivity index (χ1v) is 22.6. The Labute approximate surface area is 385 Å². The van der Waals surface area contributed by atoms with Crippen LogP contribution in [0.25, 0.3) is 100 Å². The summed E-state index contributed by atoms with van der Waals surface area (Å²) in [5.41, 5.74) is 13.4. The van der Waals surface area contributed by atoms with Gasteiger partial charge in [0.15, 0.2) is 17.5 Å². The zero-order valence-electron chi connectivity index (χ0n) is 38.0. The molecular formula is C60H48N6. The van der Waals surface area contributed by atoms with E-state index in [4.69, 9.17) is 15.0 Å². The van der Waals surface area contributed by atoms with Gasteiger partial charge in [-0.3, -0.25) is 0 Å². The second-order valence-electron chi connectivity index (χ2n) is 19.3. The molecular weight excluding hydrogens is 805 g/mol. The minimum atomic E-state index is -0.0391. The predicted molar refractivity (Wildman–Crippen MR) is 272 cm³/mol. The lowest BCUT2D eigenvalue weighted by Crippen LogP contribution is -2.10. The fourth-order valence-electron chi connectivity index (χ4n) is 9.51. The van der Waals surface area contributed by atoms with Gasteiger partial charge in [-0.05, 0) is 88.7 Å².